The van der Waals surface area contributed by atoms with Gasteiger partial charge in [0.15, 0.2) is 0 Å². The molecule has 1 heterocycles. The molecular formula is C14H12Cl2N2OS. The number of aryl methyl sites for hydroxylation is 1. The molecule has 0 bridgehead atoms. The van der Waals surface area contributed by atoms with E-state index in [9.17, 15) is 4.79 Å². The van der Waals surface area contributed by atoms with E-state index in [0.29, 0.717) is 15.9 Å². The highest BCUT2D eigenvalue weighted by atomic mass is 35.5. The van der Waals surface area contributed by atoms with Gasteiger partial charge in [0.05, 0.1) is 10.8 Å². The monoisotopic (exact) mass is 326 g/mol. The Balaban J connectivity index is 1.94. The molecule has 0 saturated heterocycles. The Labute approximate surface area is 131 Å². The molecule has 3 nitrogen and oxygen atoms in total. The van der Waals surface area contributed by atoms with E-state index in [1.165, 1.54) is 11.8 Å². The quantitative estimate of drug-likeness (QED) is 0.845. The Morgan fingerprint density at radius 2 is 2.10 bits per heavy atom. The first-order chi connectivity index (χ1) is 9.54. The van der Waals surface area contributed by atoms with Crippen molar-refractivity contribution in [1.82, 2.24) is 4.98 Å². The van der Waals surface area contributed by atoms with Crippen molar-refractivity contribution in [2.75, 3.05) is 11.1 Å². The Morgan fingerprint density at radius 1 is 1.30 bits per heavy atom. The van der Waals surface area contributed by atoms with Crippen LogP contribution in [0.3, 0.4) is 0 Å². The lowest BCUT2D eigenvalue weighted by atomic mass is 10.4. The van der Waals surface area contributed by atoms with Gasteiger partial charge in [-0.2, -0.15) is 0 Å². The molecule has 0 saturated carbocycles. The molecule has 0 aliphatic heterocycles. The fraction of sp³-hybridized carbons (Fsp3) is 0.143. The number of carbonyl (C=O) groups excluding carboxylic acids is 1. The van der Waals surface area contributed by atoms with Crippen LogP contribution in [0.4, 0.5) is 5.82 Å². The number of anilines is 1. The number of nitrogens with zero attached hydrogens (tertiary/aromatic N) is 1. The summed E-state index contributed by atoms with van der Waals surface area (Å²) in [7, 11) is 0. The summed E-state index contributed by atoms with van der Waals surface area (Å²) in [6.07, 6.45) is 0. The predicted molar refractivity (Wildman–Crippen MR) is 84.8 cm³/mol. The van der Waals surface area contributed by atoms with Crippen LogP contribution in [-0.2, 0) is 4.79 Å². The number of halogens is 2. The summed E-state index contributed by atoms with van der Waals surface area (Å²) in [4.78, 5) is 16.8. The largest absolute Gasteiger partial charge is 0.310 e. The third-order valence-electron chi connectivity index (χ3n) is 2.41. The molecule has 0 radical (unpaired) electrons. The second-order valence-corrected chi connectivity index (χ2v) is 5.94. The lowest BCUT2D eigenvalue weighted by molar-refractivity contribution is -0.113. The molecule has 1 amide bonds. The minimum Gasteiger partial charge on any atom is -0.310 e. The summed E-state index contributed by atoms with van der Waals surface area (Å²) in [6, 6.07) is 10.6. The number of thioether (sulfide) groups is 1. The molecule has 6 heteroatoms. The van der Waals surface area contributed by atoms with Crippen LogP contribution in [0.2, 0.25) is 10.0 Å². The van der Waals surface area contributed by atoms with Gasteiger partial charge in [0.25, 0.3) is 0 Å². The van der Waals surface area contributed by atoms with E-state index in [4.69, 9.17) is 23.2 Å². The van der Waals surface area contributed by atoms with Gasteiger partial charge in [-0.1, -0.05) is 29.3 Å². The van der Waals surface area contributed by atoms with Crippen LogP contribution in [-0.4, -0.2) is 16.6 Å². The number of hydrogen-bond donors (Lipinski definition) is 1. The molecule has 0 fully saturated rings. The number of pyridine rings is 1. The molecule has 0 atom stereocenters. The first-order valence-corrected chi connectivity index (χ1v) is 7.60. The standard InChI is InChI=1S/C14H12Cl2N2OS/c1-9-3-2-4-13(17-9)18-14(19)8-20-12-7-10(15)5-6-11(12)16/h2-7H,8H2,1H3,(H,17,18,19). The summed E-state index contributed by atoms with van der Waals surface area (Å²) in [5.74, 6) is 0.660. The van der Waals surface area contributed by atoms with Gasteiger partial charge in [0.2, 0.25) is 5.91 Å². The first-order valence-electron chi connectivity index (χ1n) is 5.86. The average Bonchev–Trinajstić information content (AvgIpc) is 2.40. The van der Waals surface area contributed by atoms with Crippen molar-refractivity contribution in [3.8, 4) is 0 Å². The van der Waals surface area contributed by atoms with Crippen LogP contribution >= 0.6 is 35.0 Å². The second kappa shape index (κ2) is 6.97. The van der Waals surface area contributed by atoms with Crippen LogP contribution in [0.25, 0.3) is 0 Å². The third-order valence-corrected chi connectivity index (χ3v) is 4.14. The number of benzene rings is 1. The second-order valence-electron chi connectivity index (χ2n) is 4.08. The molecule has 1 N–H and O–H groups in total. The summed E-state index contributed by atoms with van der Waals surface area (Å²) in [5.41, 5.74) is 0.855. The maximum absolute atomic E-state index is 11.8. The van der Waals surface area contributed by atoms with E-state index in [0.717, 1.165) is 10.6 Å². The number of hydrogen-bond acceptors (Lipinski definition) is 3. The van der Waals surface area contributed by atoms with Crippen LogP contribution in [0, 0.1) is 6.92 Å². The summed E-state index contributed by atoms with van der Waals surface area (Å²) in [5, 5.41) is 3.92. The molecule has 2 aromatic rings. The van der Waals surface area contributed by atoms with Crippen LogP contribution in [0.1, 0.15) is 5.69 Å². The lowest BCUT2D eigenvalue weighted by Crippen LogP contribution is -2.15. The zero-order chi connectivity index (χ0) is 14.5. The fourth-order valence-electron chi connectivity index (χ4n) is 1.52. The molecule has 0 aliphatic rings. The van der Waals surface area contributed by atoms with Gasteiger partial charge in [0.1, 0.15) is 5.82 Å². The minimum absolute atomic E-state index is 0.135. The van der Waals surface area contributed by atoms with Crippen molar-refractivity contribution in [3.63, 3.8) is 0 Å². The molecule has 20 heavy (non-hydrogen) atoms. The third kappa shape index (κ3) is 4.40. The van der Waals surface area contributed by atoms with Gasteiger partial charge < -0.3 is 5.32 Å². The number of aromatic nitrogens is 1. The topological polar surface area (TPSA) is 42.0 Å². The van der Waals surface area contributed by atoms with Crippen molar-refractivity contribution < 1.29 is 4.79 Å². The van der Waals surface area contributed by atoms with E-state index >= 15 is 0 Å². The van der Waals surface area contributed by atoms with Gasteiger partial charge in [-0.25, -0.2) is 4.98 Å². The van der Waals surface area contributed by atoms with Gasteiger partial charge in [0, 0.05) is 15.6 Å². The smallest absolute Gasteiger partial charge is 0.235 e. The molecule has 2 rings (SSSR count). The van der Waals surface area contributed by atoms with E-state index in [-0.39, 0.29) is 11.7 Å². The molecule has 0 unspecified atom stereocenters. The lowest BCUT2D eigenvalue weighted by Gasteiger charge is -2.06. The molecule has 0 spiro atoms. The van der Waals surface area contributed by atoms with E-state index < -0.39 is 0 Å². The normalized spacial score (nSPS) is 10.3. The summed E-state index contributed by atoms with van der Waals surface area (Å²) >= 11 is 13.3. The Hall–Kier alpha value is -1.23. The van der Waals surface area contributed by atoms with Crippen molar-refractivity contribution in [3.05, 3.63) is 52.1 Å². The molecule has 0 aliphatic carbocycles. The number of carbonyl (C=O) groups is 1. The van der Waals surface area contributed by atoms with Crippen molar-refractivity contribution >= 4 is 46.7 Å². The molecule has 104 valence electrons. The van der Waals surface area contributed by atoms with E-state index in [1.54, 1.807) is 24.3 Å². The molecule has 1 aromatic heterocycles. The average molecular weight is 327 g/mol. The van der Waals surface area contributed by atoms with Gasteiger partial charge in [-0.3, -0.25) is 4.79 Å². The fourth-order valence-corrected chi connectivity index (χ4v) is 2.82. The number of rotatable bonds is 4. The first kappa shape index (κ1) is 15.2. The number of amides is 1. The van der Waals surface area contributed by atoms with Crippen LogP contribution in [0.15, 0.2) is 41.3 Å². The summed E-state index contributed by atoms with van der Waals surface area (Å²) in [6.45, 7) is 1.87. The van der Waals surface area contributed by atoms with Crippen molar-refractivity contribution in [1.29, 1.82) is 0 Å². The van der Waals surface area contributed by atoms with E-state index in [2.05, 4.69) is 10.3 Å². The molecular weight excluding hydrogens is 315 g/mol. The van der Waals surface area contributed by atoms with Gasteiger partial charge >= 0.3 is 0 Å². The maximum Gasteiger partial charge on any atom is 0.235 e. The van der Waals surface area contributed by atoms with Crippen molar-refractivity contribution in [2.45, 2.75) is 11.8 Å². The highest BCUT2D eigenvalue weighted by Crippen LogP contribution is 2.29. The van der Waals surface area contributed by atoms with Crippen LogP contribution < -0.4 is 5.32 Å². The van der Waals surface area contributed by atoms with Crippen LogP contribution in [0.5, 0.6) is 0 Å². The highest BCUT2D eigenvalue weighted by molar-refractivity contribution is 8.00. The zero-order valence-corrected chi connectivity index (χ0v) is 13.0. The Bertz CT molecular complexity index is 634. The zero-order valence-electron chi connectivity index (χ0n) is 10.7. The van der Waals surface area contributed by atoms with E-state index in [1.807, 2.05) is 19.1 Å². The maximum atomic E-state index is 11.8. The summed E-state index contributed by atoms with van der Waals surface area (Å²) < 4.78 is 0. The molecule has 1 aromatic carbocycles. The Kier molecular flexibility index (Phi) is 5.29. The van der Waals surface area contributed by atoms with Gasteiger partial charge in [-0.15, -0.1) is 11.8 Å². The highest BCUT2D eigenvalue weighted by Gasteiger charge is 2.07. The Morgan fingerprint density at radius 3 is 2.85 bits per heavy atom. The van der Waals surface area contributed by atoms with Gasteiger partial charge in [-0.05, 0) is 37.3 Å². The van der Waals surface area contributed by atoms with Crippen molar-refractivity contribution in [2.24, 2.45) is 0 Å². The SMILES string of the molecule is Cc1cccc(NC(=O)CSc2cc(Cl)ccc2Cl)n1. The number of nitrogens with one attached hydrogen (secondary N) is 1. The minimum atomic E-state index is -0.135. The predicted octanol–water partition coefficient (Wildman–Crippen LogP) is 4.43.